The number of halogens is 1. The fourth-order valence-corrected chi connectivity index (χ4v) is 3.32. The van der Waals surface area contributed by atoms with Crippen LogP contribution in [-0.2, 0) is 20.1 Å². The highest BCUT2D eigenvalue weighted by molar-refractivity contribution is 5.73. The largest absolute Gasteiger partial charge is 0.343 e. The molecule has 5 heteroatoms. The molecule has 0 atom stereocenters. The molecule has 0 saturated carbocycles. The van der Waals surface area contributed by atoms with Crippen LogP contribution in [0.4, 0.5) is 4.39 Å². The number of hydrogen-bond donors (Lipinski definition) is 0. The van der Waals surface area contributed by atoms with E-state index in [2.05, 4.69) is 0 Å². The van der Waals surface area contributed by atoms with Crippen molar-refractivity contribution >= 4 is 5.91 Å². The smallest absolute Gasteiger partial charge is 0.219 e. The van der Waals surface area contributed by atoms with Gasteiger partial charge in [0.05, 0.1) is 13.2 Å². The monoisotopic (exact) mass is 293 g/mol. The van der Waals surface area contributed by atoms with E-state index >= 15 is 0 Å². The molecule has 21 heavy (non-hydrogen) atoms. The lowest BCUT2D eigenvalue weighted by atomic mass is 9.84. The normalized spacial score (nSPS) is 22.5. The molecule has 3 rings (SSSR count). The van der Waals surface area contributed by atoms with Gasteiger partial charge in [-0.2, -0.15) is 0 Å². The van der Waals surface area contributed by atoms with Gasteiger partial charge in [-0.15, -0.1) is 0 Å². The van der Waals surface area contributed by atoms with E-state index in [0.29, 0.717) is 13.2 Å². The van der Waals surface area contributed by atoms with Crippen molar-refractivity contribution in [3.05, 3.63) is 35.6 Å². The van der Waals surface area contributed by atoms with Gasteiger partial charge in [0.2, 0.25) is 5.91 Å². The summed E-state index contributed by atoms with van der Waals surface area (Å²) in [5.74, 6) is -0.756. The van der Waals surface area contributed by atoms with Crippen molar-refractivity contribution in [1.82, 2.24) is 4.90 Å². The van der Waals surface area contributed by atoms with Crippen molar-refractivity contribution in [2.45, 2.75) is 25.6 Å². The van der Waals surface area contributed by atoms with Gasteiger partial charge < -0.3 is 14.4 Å². The molecule has 2 heterocycles. The zero-order valence-electron chi connectivity index (χ0n) is 12.2. The van der Waals surface area contributed by atoms with Crippen LogP contribution in [0.2, 0.25) is 0 Å². The molecule has 4 nitrogen and oxygen atoms in total. The molecule has 2 fully saturated rings. The van der Waals surface area contributed by atoms with Gasteiger partial charge in [-0.25, -0.2) is 4.39 Å². The van der Waals surface area contributed by atoms with Crippen molar-refractivity contribution in [2.24, 2.45) is 5.92 Å². The number of carbonyl (C=O) groups excluding carboxylic acids is 1. The second-order valence-electron chi connectivity index (χ2n) is 5.65. The molecule has 0 aromatic heterocycles. The van der Waals surface area contributed by atoms with Crippen LogP contribution in [0.15, 0.2) is 24.3 Å². The first-order valence-electron chi connectivity index (χ1n) is 7.41. The molecule has 2 aliphatic heterocycles. The first kappa shape index (κ1) is 14.5. The molecule has 0 bridgehead atoms. The maximum Gasteiger partial charge on any atom is 0.219 e. The lowest BCUT2D eigenvalue weighted by molar-refractivity contribution is -0.214. The van der Waals surface area contributed by atoms with Crippen molar-refractivity contribution in [1.29, 1.82) is 0 Å². The average Bonchev–Trinajstić information content (AvgIpc) is 2.99. The average molecular weight is 293 g/mol. The van der Waals surface area contributed by atoms with E-state index in [9.17, 15) is 9.18 Å². The highest BCUT2D eigenvalue weighted by atomic mass is 19.1. The number of hydrogen-bond acceptors (Lipinski definition) is 3. The van der Waals surface area contributed by atoms with E-state index in [1.165, 1.54) is 12.1 Å². The van der Waals surface area contributed by atoms with Crippen molar-refractivity contribution in [2.75, 3.05) is 26.3 Å². The number of carbonyl (C=O) groups is 1. The van der Waals surface area contributed by atoms with Gasteiger partial charge in [-0.3, -0.25) is 4.79 Å². The Hall–Kier alpha value is -1.46. The van der Waals surface area contributed by atoms with Crippen LogP contribution in [-0.4, -0.2) is 37.1 Å². The summed E-state index contributed by atoms with van der Waals surface area (Å²) in [5, 5.41) is 0. The van der Waals surface area contributed by atoms with E-state index in [1.54, 1.807) is 19.1 Å². The summed E-state index contributed by atoms with van der Waals surface area (Å²) in [6, 6.07) is 6.34. The number of likely N-dealkylation sites (tertiary alicyclic amines) is 1. The van der Waals surface area contributed by atoms with E-state index in [1.807, 2.05) is 4.90 Å². The number of amides is 1. The number of benzene rings is 1. The highest BCUT2D eigenvalue weighted by Crippen LogP contribution is 2.43. The molecule has 2 saturated heterocycles. The topological polar surface area (TPSA) is 38.8 Å². The number of ether oxygens (including phenoxy) is 2. The molecule has 0 aliphatic carbocycles. The summed E-state index contributed by atoms with van der Waals surface area (Å²) in [6.07, 6.45) is 1.66. The minimum absolute atomic E-state index is 0.109. The van der Waals surface area contributed by atoms with Crippen LogP contribution in [0.5, 0.6) is 0 Å². The predicted octanol–water partition coefficient (Wildman–Crippen LogP) is 2.28. The van der Waals surface area contributed by atoms with E-state index in [4.69, 9.17) is 9.47 Å². The Morgan fingerprint density at radius 2 is 1.76 bits per heavy atom. The Kier molecular flexibility index (Phi) is 3.95. The van der Waals surface area contributed by atoms with Crippen LogP contribution < -0.4 is 0 Å². The molecule has 114 valence electrons. The molecule has 1 aromatic carbocycles. The Morgan fingerprint density at radius 1 is 1.19 bits per heavy atom. The van der Waals surface area contributed by atoms with Crippen molar-refractivity contribution in [3.63, 3.8) is 0 Å². The fourth-order valence-electron chi connectivity index (χ4n) is 3.32. The van der Waals surface area contributed by atoms with E-state index in [-0.39, 0.29) is 17.6 Å². The SMILES string of the molecule is CC(=O)N1CCC(C2(c3ccc(F)cc3)OCCO2)CC1. The predicted molar refractivity (Wildman–Crippen MR) is 75.0 cm³/mol. The molecule has 2 aliphatic rings. The van der Waals surface area contributed by atoms with Gasteiger partial charge in [0, 0.05) is 31.5 Å². The standard InChI is InChI=1S/C16H20FNO3/c1-12(19)18-8-6-14(7-9-18)16(20-10-11-21-16)13-2-4-15(17)5-3-13/h2-5,14H,6-11H2,1H3. The minimum Gasteiger partial charge on any atom is -0.343 e. The Bertz CT molecular complexity index is 503. The third-order valence-corrected chi connectivity index (χ3v) is 4.44. The van der Waals surface area contributed by atoms with Gasteiger partial charge in [0.1, 0.15) is 5.82 Å². The number of piperidine rings is 1. The van der Waals surface area contributed by atoms with Gasteiger partial charge in [0.25, 0.3) is 0 Å². The molecular formula is C16H20FNO3. The first-order valence-corrected chi connectivity index (χ1v) is 7.41. The van der Waals surface area contributed by atoms with Crippen LogP contribution in [0.25, 0.3) is 0 Å². The van der Waals surface area contributed by atoms with E-state index < -0.39 is 5.79 Å². The highest BCUT2D eigenvalue weighted by Gasteiger charge is 2.47. The Labute approximate surface area is 123 Å². The summed E-state index contributed by atoms with van der Waals surface area (Å²) in [4.78, 5) is 13.3. The summed E-state index contributed by atoms with van der Waals surface area (Å²) >= 11 is 0. The Morgan fingerprint density at radius 3 is 2.29 bits per heavy atom. The second-order valence-corrected chi connectivity index (χ2v) is 5.65. The molecule has 1 amide bonds. The maximum absolute atomic E-state index is 13.2. The first-order chi connectivity index (χ1) is 10.1. The Balaban J connectivity index is 1.82. The molecular weight excluding hydrogens is 273 g/mol. The van der Waals surface area contributed by atoms with Gasteiger partial charge in [-0.1, -0.05) is 12.1 Å². The van der Waals surface area contributed by atoms with Crippen LogP contribution in [0, 0.1) is 11.7 Å². The fraction of sp³-hybridized carbons (Fsp3) is 0.562. The van der Waals surface area contributed by atoms with E-state index in [0.717, 1.165) is 31.5 Å². The maximum atomic E-state index is 13.2. The lowest BCUT2D eigenvalue weighted by Crippen LogP contribution is -2.45. The van der Waals surface area contributed by atoms with Gasteiger partial charge in [-0.05, 0) is 25.0 Å². The second kappa shape index (κ2) is 5.73. The summed E-state index contributed by atoms with van der Waals surface area (Å²) < 4.78 is 25.1. The van der Waals surface area contributed by atoms with Gasteiger partial charge >= 0.3 is 0 Å². The van der Waals surface area contributed by atoms with Gasteiger partial charge in [0.15, 0.2) is 5.79 Å². The molecule has 0 N–H and O–H groups in total. The van der Waals surface area contributed by atoms with Crippen molar-refractivity contribution in [3.8, 4) is 0 Å². The zero-order valence-corrected chi connectivity index (χ0v) is 12.2. The third-order valence-electron chi connectivity index (χ3n) is 4.44. The number of rotatable bonds is 2. The van der Waals surface area contributed by atoms with Crippen LogP contribution >= 0.6 is 0 Å². The van der Waals surface area contributed by atoms with Crippen LogP contribution in [0.1, 0.15) is 25.3 Å². The minimum atomic E-state index is -0.781. The zero-order chi connectivity index (χ0) is 14.9. The third kappa shape index (κ3) is 2.68. The van der Waals surface area contributed by atoms with Crippen molar-refractivity contribution < 1.29 is 18.7 Å². The molecule has 0 unspecified atom stereocenters. The number of nitrogens with zero attached hydrogens (tertiary/aromatic N) is 1. The summed E-state index contributed by atoms with van der Waals surface area (Å²) in [6.45, 7) is 4.12. The lowest BCUT2D eigenvalue weighted by Gasteiger charge is -2.41. The quantitative estimate of drug-likeness (QED) is 0.840. The molecule has 1 aromatic rings. The molecule has 0 spiro atoms. The molecule has 0 radical (unpaired) electrons. The summed E-state index contributed by atoms with van der Waals surface area (Å²) in [5.41, 5.74) is 0.864. The van der Waals surface area contributed by atoms with Crippen LogP contribution in [0.3, 0.4) is 0 Å². The summed E-state index contributed by atoms with van der Waals surface area (Å²) in [7, 11) is 0.